The van der Waals surface area contributed by atoms with E-state index in [2.05, 4.69) is 41.2 Å². The number of carbonyl (C=O) groups is 1. The van der Waals surface area contributed by atoms with E-state index >= 15 is 0 Å². The highest BCUT2D eigenvalue weighted by Gasteiger charge is 2.54. The highest BCUT2D eigenvalue weighted by atomic mass is 16.6. The molecule has 6 nitrogen and oxygen atoms in total. The number of amides is 1. The summed E-state index contributed by atoms with van der Waals surface area (Å²) in [5.74, 6) is 2.59. The van der Waals surface area contributed by atoms with Crippen molar-refractivity contribution >= 4 is 6.09 Å². The highest BCUT2D eigenvalue weighted by molar-refractivity contribution is 5.71. The third-order valence-corrected chi connectivity index (χ3v) is 10.9. The van der Waals surface area contributed by atoms with E-state index in [1.807, 2.05) is 6.07 Å². The first kappa shape index (κ1) is 24.7. The number of benzene rings is 1. The van der Waals surface area contributed by atoms with E-state index in [0.717, 1.165) is 45.2 Å². The second kappa shape index (κ2) is 9.92. The average molecular weight is 496 g/mol. The first-order valence-corrected chi connectivity index (χ1v) is 14.6. The van der Waals surface area contributed by atoms with Gasteiger partial charge >= 0.3 is 6.09 Å². The predicted molar refractivity (Wildman–Crippen MR) is 141 cm³/mol. The molecule has 6 heteroatoms. The summed E-state index contributed by atoms with van der Waals surface area (Å²) in [5.41, 5.74) is 2.93. The lowest BCUT2D eigenvalue weighted by molar-refractivity contribution is -0.0226. The van der Waals surface area contributed by atoms with E-state index in [1.54, 1.807) is 0 Å². The molecular weight excluding hydrogens is 450 g/mol. The average Bonchev–Trinajstić information content (AvgIpc) is 3.19. The Balaban J connectivity index is 1.02. The van der Waals surface area contributed by atoms with E-state index in [-0.39, 0.29) is 23.7 Å². The monoisotopic (exact) mass is 495 g/mol. The molecule has 36 heavy (non-hydrogen) atoms. The standard InChI is InChI=1S/C30H45N3O3/c1-30-14-9-25-24-6-4-23(19-20(24)3-5-26(25)27(30)7-8-28(30)34)36-29(35)31-21-10-17-33(18-11-21)22-12-15-32(2)16-13-22/h4,6,19,21-22,25-28,34H,3,5,7-18H2,1-2H3,(H,31,35)/t25-,26?,27+,28?,30?/m1/s1. The molecule has 4 fully saturated rings. The highest BCUT2D eigenvalue weighted by Crippen LogP contribution is 2.60. The van der Waals surface area contributed by atoms with Crippen LogP contribution in [0.3, 0.4) is 0 Å². The predicted octanol–water partition coefficient (Wildman–Crippen LogP) is 4.55. The van der Waals surface area contributed by atoms with E-state index in [4.69, 9.17) is 4.74 Å². The quantitative estimate of drug-likeness (QED) is 0.644. The van der Waals surface area contributed by atoms with Gasteiger partial charge in [-0.3, -0.25) is 0 Å². The summed E-state index contributed by atoms with van der Waals surface area (Å²) < 4.78 is 5.77. The van der Waals surface area contributed by atoms with Crippen molar-refractivity contribution in [3.63, 3.8) is 0 Å². The Hall–Kier alpha value is -1.63. The minimum absolute atomic E-state index is 0.114. The molecule has 1 aromatic carbocycles. The number of hydrogen-bond donors (Lipinski definition) is 2. The third kappa shape index (κ3) is 4.58. The van der Waals surface area contributed by atoms with Gasteiger partial charge in [0.05, 0.1) is 6.10 Å². The maximum absolute atomic E-state index is 12.7. The van der Waals surface area contributed by atoms with Crippen molar-refractivity contribution in [3.05, 3.63) is 29.3 Å². The van der Waals surface area contributed by atoms with Gasteiger partial charge in [-0.2, -0.15) is 0 Å². The molecule has 1 aromatic rings. The summed E-state index contributed by atoms with van der Waals surface area (Å²) in [6.07, 6.45) is 10.8. The van der Waals surface area contributed by atoms with Crippen LogP contribution in [0.4, 0.5) is 4.79 Å². The lowest BCUT2D eigenvalue weighted by atomic mass is 9.55. The van der Waals surface area contributed by atoms with Crippen molar-refractivity contribution < 1.29 is 14.6 Å². The Labute approximate surface area is 216 Å². The molecule has 1 amide bonds. The zero-order valence-electron chi connectivity index (χ0n) is 22.3. The summed E-state index contributed by atoms with van der Waals surface area (Å²) >= 11 is 0. The Morgan fingerprint density at radius 2 is 1.81 bits per heavy atom. The number of nitrogens with zero attached hydrogens (tertiary/aromatic N) is 2. The summed E-state index contributed by atoms with van der Waals surface area (Å²) in [6, 6.07) is 7.26. The Bertz CT molecular complexity index is 953. The topological polar surface area (TPSA) is 65.0 Å². The number of ether oxygens (including phenoxy) is 1. The van der Waals surface area contributed by atoms with E-state index < -0.39 is 0 Å². The van der Waals surface area contributed by atoms with Gasteiger partial charge in [-0.15, -0.1) is 0 Å². The van der Waals surface area contributed by atoms with Crippen LogP contribution in [0, 0.1) is 17.3 Å². The largest absolute Gasteiger partial charge is 0.412 e. The molecule has 0 bridgehead atoms. The minimum Gasteiger partial charge on any atom is -0.410 e. The molecule has 6 rings (SSSR count). The van der Waals surface area contributed by atoms with Crippen LogP contribution < -0.4 is 10.1 Å². The van der Waals surface area contributed by atoms with Crippen LogP contribution in [0.15, 0.2) is 18.2 Å². The normalized spacial score (nSPS) is 36.1. The molecule has 0 aromatic heterocycles. The molecule has 2 N–H and O–H groups in total. The molecule has 2 saturated heterocycles. The van der Waals surface area contributed by atoms with E-state index in [1.165, 1.54) is 56.3 Å². The van der Waals surface area contributed by atoms with Gasteiger partial charge in [0.25, 0.3) is 0 Å². The number of carbonyl (C=O) groups excluding carboxylic acids is 1. The Kier molecular flexibility index (Phi) is 6.80. The number of aliphatic hydroxyl groups is 1. The number of likely N-dealkylation sites (tertiary alicyclic amines) is 2. The number of rotatable bonds is 3. The molecule has 5 aliphatic rings. The first-order valence-electron chi connectivity index (χ1n) is 14.6. The fraction of sp³-hybridized carbons (Fsp3) is 0.767. The molecule has 0 spiro atoms. The summed E-state index contributed by atoms with van der Waals surface area (Å²) in [7, 11) is 2.21. The molecule has 2 aliphatic heterocycles. The minimum atomic E-state index is -0.310. The van der Waals surface area contributed by atoms with Gasteiger partial charge in [0, 0.05) is 25.2 Å². The number of fused-ring (bicyclic) bond motifs is 5. The SMILES string of the molecule is CN1CCC(N2CCC(NC(=O)Oc3ccc4c(c3)CCC3[C@@H]4CCC4(C)C(O)CC[C@@H]34)CC2)CC1. The van der Waals surface area contributed by atoms with Gasteiger partial charge < -0.3 is 25.0 Å². The summed E-state index contributed by atoms with van der Waals surface area (Å²) in [5, 5.41) is 13.8. The second-order valence-corrected chi connectivity index (χ2v) is 12.8. The van der Waals surface area contributed by atoms with Gasteiger partial charge in [-0.05, 0) is 131 Å². The zero-order valence-corrected chi connectivity index (χ0v) is 22.3. The number of aliphatic hydroxyl groups excluding tert-OH is 1. The zero-order chi connectivity index (χ0) is 24.9. The van der Waals surface area contributed by atoms with E-state index in [0.29, 0.717) is 29.5 Å². The summed E-state index contributed by atoms with van der Waals surface area (Å²) in [4.78, 5) is 17.8. The van der Waals surface area contributed by atoms with Gasteiger partial charge in [0.15, 0.2) is 0 Å². The number of hydrogen-bond acceptors (Lipinski definition) is 5. The molecule has 3 unspecified atom stereocenters. The van der Waals surface area contributed by atoms with E-state index in [9.17, 15) is 9.90 Å². The molecule has 198 valence electrons. The van der Waals surface area contributed by atoms with Crippen LogP contribution in [0.2, 0.25) is 0 Å². The fourth-order valence-corrected chi connectivity index (χ4v) is 8.67. The first-order chi connectivity index (χ1) is 17.4. The summed E-state index contributed by atoms with van der Waals surface area (Å²) in [6.45, 7) is 6.85. The van der Waals surface area contributed by atoms with Crippen molar-refractivity contribution in [2.75, 3.05) is 33.2 Å². The molecule has 2 saturated carbocycles. The van der Waals surface area contributed by atoms with Crippen molar-refractivity contribution in [1.29, 1.82) is 0 Å². The van der Waals surface area contributed by atoms with Gasteiger partial charge in [-0.25, -0.2) is 4.79 Å². The Morgan fingerprint density at radius 1 is 1.03 bits per heavy atom. The van der Waals surface area contributed by atoms with Crippen LogP contribution in [0.5, 0.6) is 5.75 Å². The lowest BCUT2D eigenvalue weighted by Gasteiger charge is -2.50. The number of aryl methyl sites for hydroxylation is 1. The maximum Gasteiger partial charge on any atom is 0.412 e. The van der Waals surface area contributed by atoms with Crippen molar-refractivity contribution in [1.82, 2.24) is 15.1 Å². The van der Waals surface area contributed by atoms with Gasteiger partial charge in [0.2, 0.25) is 0 Å². The van der Waals surface area contributed by atoms with Crippen molar-refractivity contribution in [2.24, 2.45) is 17.3 Å². The van der Waals surface area contributed by atoms with Crippen LogP contribution in [0.25, 0.3) is 0 Å². The molecule has 5 atom stereocenters. The molecule has 0 radical (unpaired) electrons. The van der Waals surface area contributed by atoms with Crippen molar-refractivity contribution in [2.45, 2.75) is 95.2 Å². The number of piperidine rings is 2. The fourth-order valence-electron chi connectivity index (χ4n) is 8.67. The molecule has 2 heterocycles. The third-order valence-electron chi connectivity index (χ3n) is 10.9. The van der Waals surface area contributed by atoms with Gasteiger partial charge in [0.1, 0.15) is 5.75 Å². The van der Waals surface area contributed by atoms with Gasteiger partial charge in [-0.1, -0.05) is 13.0 Å². The van der Waals surface area contributed by atoms with Crippen molar-refractivity contribution in [3.8, 4) is 5.75 Å². The maximum atomic E-state index is 12.7. The number of nitrogens with one attached hydrogen (secondary N) is 1. The second-order valence-electron chi connectivity index (χ2n) is 12.8. The smallest absolute Gasteiger partial charge is 0.410 e. The Morgan fingerprint density at radius 3 is 2.58 bits per heavy atom. The molecule has 3 aliphatic carbocycles. The van der Waals surface area contributed by atoms with Crippen LogP contribution in [-0.4, -0.2) is 72.4 Å². The lowest BCUT2D eigenvalue weighted by Crippen LogP contribution is -2.51. The van der Waals surface area contributed by atoms with Crippen LogP contribution >= 0.6 is 0 Å². The van der Waals surface area contributed by atoms with Crippen LogP contribution in [-0.2, 0) is 6.42 Å². The molecular formula is C30H45N3O3. The van der Waals surface area contributed by atoms with Crippen LogP contribution in [0.1, 0.15) is 81.8 Å².